The first-order valence-electron chi connectivity index (χ1n) is 8.08. The quantitative estimate of drug-likeness (QED) is 0.774. The van der Waals surface area contributed by atoms with Gasteiger partial charge in [-0.15, -0.1) is 0 Å². The molecule has 2 atom stereocenters. The molecule has 8 heteroatoms. The zero-order valence-electron chi connectivity index (χ0n) is 14.4. The summed E-state index contributed by atoms with van der Waals surface area (Å²) < 4.78 is 24.3. The minimum atomic E-state index is -0.827. The molecule has 1 saturated heterocycles. The Morgan fingerprint density at radius 1 is 1.23 bits per heavy atom. The lowest BCUT2D eigenvalue weighted by atomic mass is 10.2. The van der Waals surface area contributed by atoms with Gasteiger partial charge in [-0.1, -0.05) is 12.1 Å². The zero-order valence-corrected chi connectivity index (χ0v) is 14.4. The third-order valence-electron chi connectivity index (χ3n) is 4.13. The average Bonchev–Trinajstić information content (AvgIpc) is 3.07. The SMILES string of the molecule is COC(=O)C1CC(Oc2ccccc2F)CN1C(=O)c1cnc(C)cn1. The first-order valence-corrected chi connectivity index (χ1v) is 8.08. The number of nitrogens with zero attached hydrogens (tertiary/aromatic N) is 3. The van der Waals surface area contributed by atoms with Crippen molar-refractivity contribution in [3.8, 4) is 5.75 Å². The van der Waals surface area contributed by atoms with Crippen LogP contribution in [-0.4, -0.2) is 52.5 Å². The van der Waals surface area contributed by atoms with Crippen molar-refractivity contribution >= 4 is 11.9 Å². The first kappa shape index (κ1) is 17.8. The highest BCUT2D eigenvalue weighted by molar-refractivity contribution is 5.95. The smallest absolute Gasteiger partial charge is 0.328 e. The lowest BCUT2D eigenvalue weighted by molar-refractivity contribution is -0.145. The molecule has 0 radical (unpaired) electrons. The second-order valence-corrected chi connectivity index (χ2v) is 5.95. The second kappa shape index (κ2) is 7.47. The number of aryl methyl sites for hydroxylation is 1. The Morgan fingerprint density at radius 3 is 2.65 bits per heavy atom. The molecule has 26 heavy (non-hydrogen) atoms. The summed E-state index contributed by atoms with van der Waals surface area (Å²) in [4.78, 5) is 34.3. The van der Waals surface area contributed by atoms with Crippen molar-refractivity contribution in [1.82, 2.24) is 14.9 Å². The maximum absolute atomic E-state index is 13.8. The molecular weight excluding hydrogens is 341 g/mol. The van der Waals surface area contributed by atoms with E-state index in [0.29, 0.717) is 5.69 Å². The molecule has 1 fully saturated rings. The standard InChI is InChI=1S/C18H18FN3O4/c1-11-8-21-14(9-20-11)17(23)22-10-12(7-15(22)18(24)25-2)26-16-6-4-3-5-13(16)19/h3-6,8-9,12,15H,7,10H2,1-2H3. The Kier molecular flexibility index (Phi) is 5.11. The largest absolute Gasteiger partial charge is 0.485 e. The summed E-state index contributed by atoms with van der Waals surface area (Å²) >= 11 is 0. The van der Waals surface area contributed by atoms with Gasteiger partial charge in [0.15, 0.2) is 11.6 Å². The van der Waals surface area contributed by atoms with E-state index in [-0.39, 0.29) is 24.4 Å². The van der Waals surface area contributed by atoms with Crippen LogP contribution in [0.2, 0.25) is 0 Å². The highest BCUT2D eigenvalue weighted by atomic mass is 19.1. The summed E-state index contributed by atoms with van der Waals surface area (Å²) in [7, 11) is 1.25. The Balaban J connectivity index is 1.80. The van der Waals surface area contributed by atoms with E-state index in [4.69, 9.17) is 9.47 Å². The van der Waals surface area contributed by atoms with Gasteiger partial charge in [0.1, 0.15) is 17.8 Å². The number of para-hydroxylation sites is 1. The van der Waals surface area contributed by atoms with Crippen molar-refractivity contribution in [3.63, 3.8) is 0 Å². The van der Waals surface area contributed by atoms with E-state index in [1.54, 1.807) is 19.1 Å². The molecule has 1 aliphatic heterocycles. The van der Waals surface area contributed by atoms with E-state index >= 15 is 0 Å². The van der Waals surface area contributed by atoms with E-state index in [0.717, 1.165) is 0 Å². The van der Waals surface area contributed by atoms with Gasteiger partial charge in [0.05, 0.1) is 25.5 Å². The lowest BCUT2D eigenvalue weighted by Crippen LogP contribution is -2.41. The topological polar surface area (TPSA) is 81.6 Å². The van der Waals surface area contributed by atoms with Crippen LogP contribution in [0.5, 0.6) is 5.75 Å². The average molecular weight is 359 g/mol. The summed E-state index contributed by atoms with van der Waals surface area (Å²) in [5, 5.41) is 0. The van der Waals surface area contributed by atoms with Gasteiger partial charge in [0, 0.05) is 12.6 Å². The Labute approximate surface area is 149 Å². The number of aromatic nitrogens is 2. The van der Waals surface area contributed by atoms with Gasteiger partial charge in [-0.25, -0.2) is 14.2 Å². The minimum Gasteiger partial charge on any atom is -0.485 e. The predicted octanol–water partition coefficient (Wildman–Crippen LogP) is 1.76. The van der Waals surface area contributed by atoms with Crippen LogP contribution in [0.4, 0.5) is 4.39 Å². The summed E-state index contributed by atoms with van der Waals surface area (Å²) in [5.74, 6) is -1.44. The fraction of sp³-hybridized carbons (Fsp3) is 0.333. The van der Waals surface area contributed by atoms with Gasteiger partial charge in [-0.3, -0.25) is 9.78 Å². The number of hydrogen-bond donors (Lipinski definition) is 0. The summed E-state index contributed by atoms with van der Waals surface area (Å²) in [6.45, 7) is 1.87. The number of benzene rings is 1. The van der Waals surface area contributed by atoms with Crippen LogP contribution >= 0.6 is 0 Å². The molecule has 3 rings (SSSR count). The summed E-state index contributed by atoms with van der Waals surface area (Å²) in [6, 6.07) is 5.16. The van der Waals surface area contributed by atoms with Crippen molar-refractivity contribution in [3.05, 3.63) is 53.9 Å². The van der Waals surface area contributed by atoms with Gasteiger partial charge in [0.2, 0.25) is 0 Å². The molecule has 136 valence electrons. The third kappa shape index (κ3) is 3.63. The van der Waals surface area contributed by atoms with Crippen molar-refractivity contribution in [2.24, 2.45) is 0 Å². The molecule has 2 aromatic rings. The molecule has 0 aliphatic carbocycles. The van der Waals surface area contributed by atoms with Gasteiger partial charge in [-0.05, 0) is 19.1 Å². The monoisotopic (exact) mass is 359 g/mol. The molecule has 1 aromatic heterocycles. The predicted molar refractivity (Wildman–Crippen MR) is 89.0 cm³/mol. The molecule has 2 heterocycles. The van der Waals surface area contributed by atoms with Gasteiger partial charge in [0.25, 0.3) is 5.91 Å². The van der Waals surface area contributed by atoms with Crippen LogP contribution in [0.25, 0.3) is 0 Å². The number of likely N-dealkylation sites (tertiary alicyclic amines) is 1. The number of carbonyl (C=O) groups is 2. The fourth-order valence-corrected chi connectivity index (χ4v) is 2.84. The van der Waals surface area contributed by atoms with E-state index in [1.807, 2.05) is 0 Å². The maximum atomic E-state index is 13.8. The summed E-state index contributed by atoms with van der Waals surface area (Å²) in [6.07, 6.45) is 2.49. The number of hydrogen-bond acceptors (Lipinski definition) is 6. The van der Waals surface area contributed by atoms with Crippen LogP contribution in [0.15, 0.2) is 36.7 Å². The number of methoxy groups -OCH3 is 1. The van der Waals surface area contributed by atoms with Gasteiger partial charge in [-0.2, -0.15) is 0 Å². The zero-order chi connectivity index (χ0) is 18.7. The Bertz CT molecular complexity index is 812. The molecule has 1 aliphatic rings. The van der Waals surface area contributed by atoms with Crippen LogP contribution in [0.1, 0.15) is 22.6 Å². The highest BCUT2D eigenvalue weighted by Gasteiger charge is 2.42. The van der Waals surface area contributed by atoms with Crippen LogP contribution in [-0.2, 0) is 9.53 Å². The fourth-order valence-electron chi connectivity index (χ4n) is 2.84. The van der Waals surface area contributed by atoms with E-state index in [2.05, 4.69) is 9.97 Å². The van der Waals surface area contributed by atoms with Gasteiger partial charge >= 0.3 is 5.97 Å². The number of carbonyl (C=O) groups excluding carboxylic acids is 2. The molecule has 2 unspecified atom stereocenters. The Hall–Kier alpha value is -3.03. The van der Waals surface area contributed by atoms with E-state index in [1.165, 1.54) is 36.5 Å². The normalized spacial score (nSPS) is 19.3. The van der Waals surface area contributed by atoms with Gasteiger partial charge < -0.3 is 14.4 Å². The van der Waals surface area contributed by atoms with Crippen molar-refractivity contribution in [2.45, 2.75) is 25.5 Å². The van der Waals surface area contributed by atoms with Crippen molar-refractivity contribution in [1.29, 1.82) is 0 Å². The molecule has 0 saturated carbocycles. The number of halogens is 1. The van der Waals surface area contributed by atoms with E-state index < -0.39 is 29.8 Å². The Morgan fingerprint density at radius 2 is 2.00 bits per heavy atom. The molecule has 0 N–H and O–H groups in total. The van der Waals surface area contributed by atoms with Crippen molar-refractivity contribution < 1.29 is 23.5 Å². The van der Waals surface area contributed by atoms with Crippen molar-refractivity contribution in [2.75, 3.05) is 13.7 Å². The lowest BCUT2D eigenvalue weighted by Gasteiger charge is -2.21. The summed E-state index contributed by atoms with van der Waals surface area (Å²) in [5.41, 5.74) is 0.796. The third-order valence-corrected chi connectivity index (χ3v) is 4.13. The number of ether oxygens (including phenoxy) is 2. The number of esters is 1. The second-order valence-electron chi connectivity index (χ2n) is 5.95. The van der Waals surface area contributed by atoms with E-state index in [9.17, 15) is 14.0 Å². The van der Waals surface area contributed by atoms with Crippen LogP contribution in [0, 0.1) is 12.7 Å². The minimum absolute atomic E-state index is 0.0746. The van der Waals surface area contributed by atoms with Crippen LogP contribution < -0.4 is 4.74 Å². The number of amides is 1. The maximum Gasteiger partial charge on any atom is 0.328 e. The highest BCUT2D eigenvalue weighted by Crippen LogP contribution is 2.26. The molecule has 7 nitrogen and oxygen atoms in total. The molecule has 0 spiro atoms. The molecule has 0 bridgehead atoms. The number of rotatable bonds is 4. The van der Waals surface area contributed by atoms with Crippen LogP contribution in [0.3, 0.4) is 0 Å². The molecular formula is C18H18FN3O4. The first-order chi connectivity index (χ1) is 12.5. The molecule has 1 aromatic carbocycles. The molecule has 1 amide bonds.